The number of aryl methyl sites for hydroxylation is 2. The normalized spacial score (nSPS) is 10.5. The Labute approximate surface area is 117 Å². The summed E-state index contributed by atoms with van der Waals surface area (Å²) in [6.45, 7) is 6.02. The van der Waals surface area contributed by atoms with Gasteiger partial charge in [-0.2, -0.15) is 0 Å². The molecule has 0 bridgehead atoms. The molecular formula is C13H17N5S. The van der Waals surface area contributed by atoms with Gasteiger partial charge in [0.2, 0.25) is 0 Å². The van der Waals surface area contributed by atoms with Crippen molar-refractivity contribution in [3.63, 3.8) is 0 Å². The maximum atomic E-state index is 4.55. The molecule has 0 aliphatic carbocycles. The SMILES string of the molecule is CCc1nc(NC)c(C)c(Sc2ncc(C)cn2)n1. The number of rotatable bonds is 4. The van der Waals surface area contributed by atoms with E-state index >= 15 is 0 Å². The monoisotopic (exact) mass is 275 g/mol. The van der Waals surface area contributed by atoms with Gasteiger partial charge in [0.25, 0.3) is 0 Å². The first-order chi connectivity index (χ1) is 9.13. The van der Waals surface area contributed by atoms with E-state index in [0.29, 0.717) is 5.16 Å². The lowest BCUT2D eigenvalue weighted by Crippen LogP contribution is -2.04. The van der Waals surface area contributed by atoms with E-state index in [2.05, 4.69) is 25.3 Å². The zero-order valence-electron chi connectivity index (χ0n) is 11.6. The lowest BCUT2D eigenvalue weighted by Gasteiger charge is -2.10. The summed E-state index contributed by atoms with van der Waals surface area (Å²) in [5.74, 6) is 1.69. The molecule has 2 aromatic rings. The van der Waals surface area contributed by atoms with Gasteiger partial charge in [0.15, 0.2) is 5.16 Å². The molecule has 0 amide bonds. The van der Waals surface area contributed by atoms with Crippen LogP contribution in [-0.2, 0) is 6.42 Å². The quantitative estimate of drug-likeness (QED) is 0.683. The first-order valence-electron chi connectivity index (χ1n) is 6.15. The highest BCUT2D eigenvalue weighted by molar-refractivity contribution is 7.99. The van der Waals surface area contributed by atoms with Crippen molar-refractivity contribution >= 4 is 17.6 Å². The van der Waals surface area contributed by atoms with Crippen molar-refractivity contribution in [2.45, 2.75) is 37.4 Å². The fourth-order valence-corrected chi connectivity index (χ4v) is 2.35. The minimum absolute atomic E-state index is 0.705. The molecule has 2 heterocycles. The van der Waals surface area contributed by atoms with Crippen molar-refractivity contribution in [3.05, 3.63) is 29.3 Å². The van der Waals surface area contributed by atoms with E-state index in [9.17, 15) is 0 Å². The van der Waals surface area contributed by atoms with Gasteiger partial charge in [0.1, 0.15) is 16.7 Å². The predicted octanol–water partition coefficient (Wildman–Crippen LogP) is 2.64. The summed E-state index contributed by atoms with van der Waals surface area (Å²) >= 11 is 1.47. The second-order valence-corrected chi connectivity index (χ2v) is 5.12. The number of hydrogen-bond donors (Lipinski definition) is 1. The molecule has 1 N–H and O–H groups in total. The Morgan fingerprint density at radius 2 is 1.84 bits per heavy atom. The lowest BCUT2D eigenvalue weighted by molar-refractivity contribution is 0.868. The minimum Gasteiger partial charge on any atom is -0.373 e. The molecule has 2 rings (SSSR count). The van der Waals surface area contributed by atoms with Crippen LogP contribution in [0.2, 0.25) is 0 Å². The molecule has 5 nitrogen and oxygen atoms in total. The van der Waals surface area contributed by atoms with Crippen molar-refractivity contribution in [1.82, 2.24) is 19.9 Å². The highest BCUT2D eigenvalue weighted by Gasteiger charge is 2.11. The molecule has 0 radical (unpaired) electrons. The number of nitrogens with one attached hydrogen (secondary N) is 1. The molecule has 2 aromatic heterocycles. The van der Waals surface area contributed by atoms with Gasteiger partial charge in [-0.15, -0.1) is 0 Å². The zero-order valence-corrected chi connectivity index (χ0v) is 12.4. The van der Waals surface area contributed by atoms with Gasteiger partial charge in [0, 0.05) is 31.4 Å². The van der Waals surface area contributed by atoms with Gasteiger partial charge in [-0.1, -0.05) is 6.92 Å². The maximum Gasteiger partial charge on any atom is 0.193 e. The summed E-state index contributed by atoms with van der Waals surface area (Å²) in [5.41, 5.74) is 2.07. The van der Waals surface area contributed by atoms with Crippen molar-refractivity contribution in [1.29, 1.82) is 0 Å². The van der Waals surface area contributed by atoms with Crippen LogP contribution in [0.5, 0.6) is 0 Å². The van der Waals surface area contributed by atoms with E-state index < -0.39 is 0 Å². The van der Waals surface area contributed by atoms with Crippen LogP contribution < -0.4 is 5.32 Å². The van der Waals surface area contributed by atoms with Crippen LogP contribution in [0.3, 0.4) is 0 Å². The van der Waals surface area contributed by atoms with Crippen LogP contribution in [0.1, 0.15) is 23.9 Å². The van der Waals surface area contributed by atoms with E-state index in [-0.39, 0.29) is 0 Å². The van der Waals surface area contributed by atoms with E-state index in [1.54, 1.807) is 0 Å². The maximum absolute atomic E-state index is 4.55. The van der Waals surface area contributed by atoms with E-state index in [4.69, 9.17) is 0 Å². The second kappa shape index (κ2) is 5.97. The van der Waals surface area contributed by atoms with Gasteiger partial charge >= 0.3 is 0 Å². The molecule has 0 saturated carbocycles. The summed E-state index contributed by atoms with van der Waals surface area (Å²) in [4.78, 5) is 17.6. The Morgan fingerprint density at radius 3 is 2.42 bits per heavy atom. The number of aromatic nitrogens is 4. The van der Waals surface area contributed by atoms with Gasteiger partial charge in [0.05, 0.1) is 0 Å². The molecule has 0 aromatic carbocycles. The third kappa shape index (κ3) is 3.20. The topological polar surface area (TPSA) is 63.6 Å². The average molecular weight is 275 g/mol. The van der Waals surface area contributed by atoms with Crippen LogP contribution in [0.15, 0.2) is 22.6 Å². The smallest absolute Gasteiger partial charge is 0.193 e. The highest BCUT2D eigenvalue weighted by atomic mass is 32.2. The predicted molar refractivity (Wildman–Crippen MR) is 76.6 cm³/mol. The Kier molecular flexibility index (Phi) is 4.31. The van der Waals surface area contributed by atoms with Crippen LogP contribution in [0.4, 0.5) is 5.82 Å². The first-order valence-corrected chi connectivity index (χ1v) is 6.97. The van der Waals surface area contributed by atoms with Gasteiger partial charge < -0.3 is 5.32 Å². The summed E-state index contributed by atoms with van der Waals surface area (Å²) < 4.78 is 0. The molecule has 6 heteroatoms. The van der Waals surface area contributed by atoms with E-state index in [0.717, 1.165) is 34.2 Å². The molecule has 0 aliphatic heterocycles. The standard InChI is InChI=1S/C13H17N5S/c1-5-10-17-11(14-4)9(3)12(18-10)19-13-15-6-8(2)7-16-13/h6-7H,5H2,1-4H3,(H,14,17,18). The average Bonchev–Trinajstić information content (AvgIpc) is 2.43. The third-order valence-electron chi connectivity index (χ3n) is 2.65. The Balaban J connectivity index is 2.35. The van der Waals surface area contributed by atoms with Crippen molar-refractivity contribution in [2.24, 2.45) is 0 Å². The van der Waals surface area contributed by atoms with Crippen LogP contribution in [-0.4, -0.2) is 27.0 Å². The molecule has 0 saturated heterocycles. The van der Waals surface area contributed by atoms with Gasteiger partial charge in [-0.05, 0) is 31.2 Å². The van der Waals surface area contributed by atoms with E-state index in [1.807, 2.05) is 40.2 Å². The first kappa shape index (κ1) is 13.7. The zero-order chi connectivity index (χ0) is 13.8. The second-order valence-electron chi connectivity index (χ2n) is 4.17. The van der Waals surface area contributed by atoms with Crippen molar-refractivity contribution in [3.8, 4) is 0 Å². The molecule has 0 aliphatic rings. The van der Waals surface area contributed by atoms with Crippen molar-refractivity contribution in [2.75, 3.05) is 12.4 Å². The molecule has 100 valence electrons. The van der Waals surface area contributed by atoms with Crippen LogP contribution in [0, 0.1) is 13.8 Å². The third-order valence-corrected chi connectivity index (χ3v) is 3.63. The Hall–Kier alpha value is -1.69. The van der Waals surface area contributed by atoms with Crippen LogP contribution >= 0.6 is 11.8 Å². The molecule has 0 fully saturated rings. The number of nitrogens with zero attached hydrogens (tertiary/aromatic N) is 4. The van der Waals surface area contributed by atoms with Gasteiger partial charge in [-0.25, -0.2) is 19.9 Å². The van der Waals surface area contributed by atoms with Crippen molar-refractivity contribution < 1.29 is 0 Å². The van der Waals surface area contributed by atoms with E-state index in [1.165, 1.54) is 11.8 Å². The van der Waals surface area contributed by atoms with Gasteiger partial charge in [-0.3, -0.25) is 0 Å². The molecule has 19 heavy (non-hydrogen) atoms. The summed E-state index contributed by atoms with van der Waals surface area (Å²) in [6.07, 6.45) is 4.43. The lowest BCUT2D eigenvalue weighted by atomic mass is 10.3. The summed E-state index contributed by atoms with van der Waals surface area (Å²) in [5, 5.41) is 4.71. The molecule has 0 spiro atoms. The molecular weight excluding hydrogens is 258 g/mol. The molecule has 0 atom stereocenters. The fraction of sp³-hybridized carbons (Fsp3) is 0.385. The van der Waals surface area contributed by atoms with Crippen LogP contribution in [0.25, 0.3) is 0 Å². The Morgan fingerprint density at radius 1 is 1.16 bits per heavy atom. The number of anilines is 1. The summed E-state index contributed by atoms with van der Waals surface area (Å²) in [6, 6.07) is 0. The number of hydrogen-bond acceptors (Lipinski definition) is 6. The minimum atomic E-state index is 0.705. The molecule has 0 unspecified atom stereocenters. The summed E-state index contributed by atoms with van der Waals surface area (Å²) in [7, 11) is 1.87. The Bertz CT molecular complexity index is 568. The fourth-order valence-electron chi connectivity index (χ4n) is 1.56. The largest absolute Gasteiger partial charge is 0.373 e. The highest BCUT2D eigenvalue weighted by Crippen LogP contribution is 2.28.